The Balaban J connectivity index is 1.41. The van der Waals surface area contributed by atoms with Crippen LogP contribution in [0.25, 0.3) is 0 Å². The SMILES string of the molecule is CCc1cccc(C2(N3CCN(CC4CCCCC4)CC3)Cc3ccccc3C2=O)c1. The molecule has 2 fully saturated rings. The number of aryl methyl sites for hydroxylation is 1. The van der Waals surface area contributed by atoms with E-state index in [9.17, 15) is 4.79 Å². The molecule has 0 amide bonds. The van der Waals surface area contributed by atoms with Gasteiger partial charge in [0.05, 0.1) is 0 Å². The summed E-state index contributed by atoms with van der Waals surface area (Å²) in [5.41, 5.74) is 4.10. The lowest BCUT2D eigenvalue weighted by Gasteiger charge is -2.46. The third kappa shape index (κ3) is 3.87. The normalized spacial score (nSPS) is 25.6. The highest BCUT2D eigenvalue weighted by Gasteiger charge is 2.51. The lowest BCUT2D eigenvalue weighted by molar-refractivity contribution is 0.0258. The zero-order chi connectivity index (χ0) is 21.3. The summed E-state index contributed by atoms with van der Waals surface area (Å²) < 4.78 is 0. The Morgan fingerprint density at radius 1 is 0.935 bits per heavy atom. The van der Waals surface area contributed by atoms with E-state index >= 15 is 0 Å². The van der Waals surface area contributed by atoms with E-state index in [1.54, 1.807) is 0 Å². The molecule has 1 unspecified atom stereocenters. The largest absolute Gasteiger partial charge is 0.301 e. The van der Waals surface area contributed by atoms with Gasteiger partial charge in [-0.15, -0.1) is 0 Å². The molecule has 3 nitrogen and oxygen atoms in total. The lowest BCUT2D eigenvalue weighted by atomic mass is 9.82. The summed E-state index contributed by atoms with van der Waals surface area (Å²) in [5.74, 6) is 1.19. The third-order valence-electron chi connectivity index (χ3n) is 8.05. The van der Waals surface area contributed by atoms with Crippen LogP contribution in [0.5, 0.6) is 0 Å². The van der Waals surface area contributed by atoms with Crippen molar-refractivity contribution < 1.29 is 4.79 Å². The van der Waals surface area contributed by atoms with Crippen molar-refractivity contribution in [2.75, 3.05) is 32.7 Å². The number of carbonyl (C=O) groups is 1. The Bertz CT molecular complexity index is 924. The summed E-state index contributed by atoms with van der Waals surface area (Å²) in [6.45, 7) is 7.55. The Labute approximate surface area is 187 Å². The predicted octanol–water partition coefficient (Wildman–Crippen LogP) is 5.08. The summed E-state index contributed by atoms with van der Waals surface area (Å²) >= 11 is 0. The first kappa shape index (κ1) is 20.9. The first-order valence-electron chi connectivity index (χ1n) is 12.4. The minimum atomic E-state index is -0.536. The van der Waals surface area contributed by atoms with E-state index in [0.29, 0.717) is 5.78 Å². The number of nitrogens with zero attached hydrogens (tertiary/aromatic N) is 2. The number of fused-ring (bicyclic) bond motifs is 1. The number of Topliss-reactive ketones (excluding diaryl/α,β-unsaturated/α-hetero) is 1. The van der Waals surface area contributed by atoms with Gasteiger partial charge in [0.15, 0.2) is 5.78 Å². The van der Waals surface area contributed by atoms with E-state index in [-0.39, 0.29) is 0 Å². The Kier molecular flexibility index (Phi) is 5.99. The van der Waals surface area contributed by atoms with E-state index in [4.69, 9.17) is 0 Å². The van der Waals surface area contributed by atoms with Crippen molar-refractivity contribution in [1.29, 1.82) is 0 Å². The first-order chi connectivity index (χ1) is 15.2. The molecule has 5 rings (SSSR count). The molecule has 164 valence electrons. The van der Waals surface area contributed by atoms with Crippen LogP contribution in [0.3, 0.4) is 0 Å². The topological polar surface area (TPSA) is 23.6 Å². The van der Waals surface area contributed by atoms with E-state index in [1.807, 2.05) is 12.1 Å². The molecule has 0 spiro atoms. The molecule has 1 saturated carbocycles. The molecule has 1 atom stereocenters. The quantitative estimate of drug-likeness (QED) is 0.679. The molecule has 1 saturated heterocycles. The fourth-order valence-corrected chi connectivity index (χ4v) is 6.24. The van der Waals surface area contributed by atoms with Gasteiger partial charge >= 0.3 is 0 Å². The third-order valence-corrected chi connectivity index (χ3v) is 8.05. The number of piperazine rings is 1. The standard InChI is InChI=1S/C28H36N2O/c1-2-22-11-8-13-25(19-22)28(20-24-12-6-7-14-26(24)27(28)31)30-17-15-29(16-18-30)21-23-9-4-3-5-10-23/h6-8,11-14,19,23H,2-5,9-10,15-18,20-21H2,1H3. The van der Waals surface area contributed by atoms with Crippen LogP contribution in [0.2, 0.25) is 0 Å². The minimum absolute atomic E-state index is 0.303. The molecule has 3 heteroatoms. The molecule has 2 aliphatic carbocycles. The molecule has 1 aliphatic heterocycles. The number of rotatable bonds is 5. The van der Waals surface area contributed by atoms with Gasteiger partial charge in [0.25, 0.3) is 0 Å². The lowest BCUT2D eigenvalue weighted by Crippen LogP contribution is -2.58. The fraction of sp³-hybridized carbons (Fsp3) is 0.536. The van der Waals surface area contributed by atoms with Crippen LogP contribution in [0.4, 0.5) is 0 Å². The second-order valence-corrected chi connectivity index (χ2v) is 9.87. The van der Waals surface area contributed by atoms with Gasteiger partial charge in [-0.25, -0.2) is 0 Å². The molecule has 0 bridgehead atoms. The number of carbonyl (C=O) groups excluding carboxylic acids is 1. The van der Waals surface area contributed by atoms with Gasteiger partial charge in [-0.05, 0) is 41.9 Å². The number of hydrogen-bond donors (Lipinski definition) is 0. The van der Waals surface area contributed by atoms with E-state index in [0.717, 1.165) is 50.5 Å². The van der Waals surface area contributed by atoms with Crippen molar-refractivity contribution in [2.24, 2.45) is 5.92 Å². The highest BCUT2D eigenvalue weighted by molar-refractivity contribution is 6.08. The van der Waals surface area contributed by atoms with Crippen LogP contribution in [-0.4, -0.2) is 48.3 Å². The van der Waals surface area contributed by atoms with Gasteiger partial charge < -0.3 is 4.90 Å². The predicted molar refractivity (Wildman–Crippen MR) is 127 cm³/mol. The van der Waals surface area contributed by atoms with E-state index in [2.05, 4.69) is 53.1 Å². The van der Waals surface area contributed by atoms with Crippen LogP contribution < -0.4 is 0 Å². The van der Waals surface area contributed by atoms with Gasteiger partial charge in [-0.3, -0.25) is 9.69 Å². The Morgan fingerprint density at radius 2 is 1.71 bits per heavy atom. The first-order valence-corrected chi connectivity index (χ1v) is 12.4. The molecule has 31 heavy (non-hydrogen) atoms. The van der Waals surface area contributed by atoms with Crippen LogP contribution in [0, 0.1) is 5.92 Å². The molecule has 0 aromatic heterocycles. The van der Waals surface area contributed by atoms with Crippen LogP contribution >= 0.6 is 0 Å². The highest BCUT2D eigenvalue weighted by atomic mass is 16.1. The zero-order valence-corrected chi connectivity index (χ0v) is 19.0. The molecule has 2 aromatic rings. The average molecular weight is 417 g/mol. The molecule has 2 aromatic carbocycles. The van der Waals surface area contributed by atoms with Crippen LogP contribution in [0.15, 0.2) is 48.5 Å². The summed E-state index contributed by atoms with van der Waals surface area (Å²) in [7, 11) is 0. The van der Waals surface area contributed by atoms with Gasteiger partial charge in [-0.1, -0.05) is 74.7 Å². The molecule has 0 radical (unpaired) electrons. The van der Waals surface area contributed by atoms with Crippen molar-refractivity contribution in [3.63, 3.8) is 0 Å². The maximum atomic E-state index is 14.0. The van der Waals surface area contributed by atoms with Crippen molar-refractivity contribution in [3.05, 3.63) is 70.8 Å². The minimum Gasteiger partial charge on any atom is -0.301 e. The van der Waals surface area contributed by atoms with Crippen molar-refractivity contribution in [1.82, 2.24) is 9.80 Å². The summed E-state index contributed by atoms with van der Waals surface area (Å²) in [5, 5.41) is 0. The fourth-order valence-electron chi connectivity index (χ4n) is 6.24. The summed E-state index contributed by atoms with van der Waals surface area (Å²) in [4.78, 5) is 19.1. The van der Waals surface area contributed by atoms with Gasteiger partial charge in [-0.2, -0.15) is 0 Å². The molecule has 3 aliphatic rings. The number of hydrogen-bond acceptors (Lipinski definition) is 3. The molecular formula is C28H36N2O. The molecular weight excluding hydrogens is 380 g/mol. The Morgan fingerprint density at radius 3 is 2.45 bits per heavy atom. The zero-order valence-electron chi connectivity index (χ0n) is 19.0. The monoisotopic (exact) mass is 416 g/mol. The highest BCUT2D eigenvalue weighted by Crippen LogP contribution is 2.43. The van der Waals surface area contributed by atoms with Gasteiger partial charge in [0, 0.05) is 44.7 Å². The van der Waals surface area contributed by atoms with Crippen molar-refractivity contribution >= 4 is 5.78 Å². The van der Waals surface area contributed by atoms with Crippen LogP contribution in [-0.2, 0) is 18.4 Å². The van der Waals surface area contributed by atoms with Gasteiger partial charge in [0.1, 0.15) is 5.54 Å². The van der Waals surface area contributed by atoms with Crippen molar-refractivity contribution in [2.45, 2.75) is 57.4 Å². The summed E-state index contributed by atoms with van der Waals surface area (Å²) in [6, 6.07) is 17.1. The maximum absolute atomic E-state index is 14.0. The molecule has 0 N–H and O–H groups in total. The Hall–Kier alpha value is -1.97. The number of benzene rings is 2. The second-order valence-electron chi connectivity index (χ2n) is 9.87. The van der Waals surface area contributed by atoms with E-state index < -0.39 is 5.54 Å². The number of ketones is 1. The van der Waals surface area contributed by atoms with E-state index in [1.165, 1.54) is 55.3 Å². The van der Waals surface area contributed by atoms with Crippen LogP contribution in [0.1, 0.15) is 66.1 Å². The second kappa shape index (κ2) is 8.88. The summed E-state index contributed by atoms with van der Waals surface area (Å²) in [6.07, 6.45) is 8.86. The maximum Gasteiger partial charge on any atom is 0.188 e. The smallest absolute Gasteiger partial charge is 0.188 e. The van der Waals surface area contributed by atoms with Crippen molar-refractivity contribution in [3.8, 4) is 0 Å². The van der Waals surface area contributed by atoms with Gasteiger partial charge in [0.2, 0.25) is 0 Å². The average Bonchev–Trinajstić information content (AvgIpc) is 3.14. The molecule has 1 heterocycles.